The predicted molar refractivity (Wildman–Crippen MR) is 170 cm³/mol. The lowest BCUT2D eigenvalue weighted by Gasteiger charge is -2.26. The summed E-state index contributed by atoms with van der Waals surface area (Å²) >= 11 is 0. The topological polar surface area (TPSA) is 112 Å². The van der Waals surface area contributed by atoms with Crippen LogP contribution in [0.1, 0.15) is 52.6 Å². The summed E-state index contributed by atoms with van der Waals surface area (Å²) in [5.74, 6) is -1.61. The molecule has 0 fully saturated rings. The largest absolute Gasteiger partial charge is 0.374 e. The van der Waals surface area contributed by atoms with Crippen LogP contribution < -0.4 is 0 Å². The zero-order valence-corrected chi connectivity index (χ0v) is 25.7. The molecule has 0 saturated heterocycles. The number of ether oxygens (including phenoxy) is 4. The van der Waals surface area contributed by atoms with E-state index in [4.69, 9.17) is 18.9 Å². The summed E-state index contributed by atoms with van der Waals surface area (Å²) in [6.45, 7) is 0.360. The van der Waals surface area contributed by atoms with Gasteiger partial charge >= 0.3 is 0 Å². The van der Waals surface area contributed by atoms with E-state index < -0.39 is 35.8 Å². The molecule has 2 atom stereocenters. The van der Waals surface area contributed by atoms with Gasteiger partial charge in [0.2, 0.25) is 0 Å². The Balaban J connectivity index is 1.12. The predicted octanol–water partition coefficient (Wildman–Crippen LogP) is 4.74. The number of nitrogens with zero attached hydrogens (tertiary/aromatic N) is 2. The van der Waals surface area contributed by atoms with Crippen LogP contribution in [0.25, 0.3) is 0 Å². The van der Waals surface area contributed by atoms with Crippen molar-refractivity contribution in [3.8, 4) is 0 Å². The highest BCUT2D eigenvalue weighted by Gasteiger charge is 2.38. The van der Waals surface area contributed by atoms with Gasteiger partial charge in [0, 0.05) is 0 Å². The van der Waals surface area contributed by atoms with Gasteiger partial charge in [-0.3, -0.25) is 29.0 Å². The van der Waals surface area contributed by atoms with Crippen LogP contribution in [0.3, 0.4) is 0 Å². The first-order valence-corrected chi connectivity index (χ1v) is 15.4. The van der Waals surface area contributed by atoms with Crippen LogP contribution in [0.2, 0.25) is 0 Å². The smallest absolute Gasteiger partial charge is 0.261 e. The standard InChI is InChI=1S/C37H34N2O8/c40-34-30-15-7-8-16-31(30)35(41)38(34)19-28(23-44-21-26-11-3-1-4-12-26)46-25-47-29(24-45-22-27-13-5-2-6-14-27)20-39-36(42)32-17-9-10-18-33(32)37(39)43/h1-18,28-29H,19-25H2. The Hall–Kier alpha value is -5.00. The molecular weight excluding hydrogens is 600 g/mol. The zero-order valence-electron chi connectivity index (χ0n) is 25.7. The van der Waals surface area contributed by atoms with Gasteiger partial charge in [-0.2, -0.15) is 0 Å². The van der Waals surface area contributed by atoms with Gasteiger partial charge in [-0.15, -0.1) is 0 Å². The number of fused-ring (bicyclic) bond motifs is 2. The van der Waals surface area contributed by atoms with Gasteiger partial charge < -0.3 is 18.9 Å². The third-order valence-corrected chi connectivity index (χ3v) is 7.97. The molecule has 0 bridgehead atoms. The number of carbonyl (C=O) groups is 4. The molecule has 2 aliphatic heterocycles. The number of hydrogen-bond donors (Lipinski definition) is 0. The van der Waals surface area contributed by atoms with Crippen molar-refractivity contribution in [3.05, 3.63) is 143 Å². The highest BCUT2D eigenvalue weighted by molar-refractivity contribution is 6.22. The van der Waals surface area contributed by atoms with E-state index in [-0.39, 0.29) is 33.1 Å². The molecule has 0 radical (unpaired) electrons. The zero-order chi connectivity index (χ0) is 32.6. The number of amides is 4. The first kappa shape index (κ1) is 32.0. The number of carbonyl (C=O) groups excluding carboxylic acids is 4. The summed E-state index contributed by atoms with van der Waals surface area (Å²) in [7, 11) is 0. The fourth-order valence-electron chi connectivity index (χ4n) is 5.52. The lowest BCUT2D eigenvalue weighted by Crippen LogP contribution is -2.42. The molecule has 10 nitrogen and oxygen atoms in total. The lowest BCUT2D eigenvalue weighted by molar-refractivity contribution is -0.150. The maximum atomic E-state index is 13.1. The van der Waals surface area contributed by atoms with Crippen LogP contribution in [0, 0.1) is 0 Å². The fourth-order valence-corrected chi connectivity index (χ4v) is 5.52. The molecule has 0 saturated carbocycles. The molecule has 0 spiro atoms. The molecule has 0 aromatic heterocycles. The Bertz CT molecular complexity index is 1530. The van der Waals surface area contributed by atoms with Crippen LogP contribution >= 0.6 is 0 Å². The highest BCUT2D eigenvalue weighted by atomic mass is 16.7. The van der Waals surface area contributed by atoms with Gasteiger partial charge in [-0.1, -0.05) is 84.9 Å². The molecule has 6 rings (SSSR count). The third kappa shape index (κ3) is 7.53. The highest BCUT2D eigenvalue weighted by Crippen LogP contribution is 2.24. The van der Waals surface area contributed by atoms with Crippen LogP contribution in [0.15, 0.2) is 109 Å². The van der Waals surface area contributed by atoms with E-state index in [2.05, 4.69) is 0 Å². The van der Waals surface area contributed by atoms with Crippen molar-refractivity contribution >= 4 is 23.6 Å². The van der Waals surface area contributed by atoms with Crippen molar-refractivity contribution in [2.24, 2.45) is 0 Å². The van der Waals surface area contributed by atoms with Crippen molar-refractivity contribution in [3.63, 3.8) is 0 Å². The van der Waals surface area contributed by atoms with Gasteiger partial charge in [0.1, 0.15) is 19.0 Å². The molecule has 4 amide bonds. The summed E-state index contributed by atoms with van der Waals surface area (Å²) in [4.78, 5) is 54.7. The van der Waals surface area contributed by atoms with Gasteiger partial charge in [0.15, 0.2) is 0 Å². The second-order valence-electron chi connectivity index (χ2n) is 11.2. The third-order valence-electron chi connectivity index (χ3n) is 7.97. The van der Waals surface area contributed by atoms with Crippen molar-refractivity contribution in [1.29, 1.82) is 0 Å². The summed E-state index contributed by atoms with van der Waals surface area (Å²) in [5, 5.41) is 0. The Morgan fingerprint density at radius 2 is 0.766 bits per heavy atom. The van der Waals surface area contributed by atoms with Gasteiger partial charge in [0.05, 0.1) is 61.8 Å². The van der Waals surface area contributed by atoms with Crippen LogP contribution in [-0.4, -0.2) is 78.7 Å². The van der Waals surface area contributed by atoms with E-state index in [1.165, 1.54) is 0 Å². The summed E-state index contributed by atoms with van der Waals surface area (Å²) < 4.78 is 24.0. The van der Waals surface area contributed by atoms with E-state index in [9.17, 15) is 19.2 Å². The molecule has 47 heavy (non-hydrogen) atoms. The van der Waals surface area contributed by atoms with E-state index in [0.717, 1.165) is 20.9 Å². The quantitative estimate of drug-likeness (QED) is 0.128. The molecule has 2 heterocycles. The molecule has 2 aliphatic rings. The minimum absolute atomic E-state index is 0.0575. The summed E-state index contributed by atoms with van der Waals surface area (Å²) in [6.07, 6.45) is -1.46. The van der Waals surface area contributed by atoms with Crippen molar-refractivity contribution < 1.29 is 38.1 Å². The Labute approximate surface area is 272 Å². The van der Waals surface area contributed by atoms with Gasteiger partial charge in [0.25, 0.3) is 23.6 Å². The number of rotatable bonds is 16. The molecule has 4 aromatic rings. The first-order chi connectivity index (χ1) is 23.0. The average Bonchev–Trinajstić information content (AvgIpc) is 3.49. The minimum Gasteiger partial charge on any atom is -0.374 e. The van der Waals surface area contributed by atoms with Gasteiger partial charge in [-0.25, -0.2) is 0 Å². The fraction of sp³-hybridized carbons (Fsp3) is 0.243. The first-order valence-electron chi connectivity index (χ1n) is 15.4. The number of imide groups is 2. The van der Waals surface area contributed by atoms with E-state index in [1.54, 1.807) is 48.5 Å². The SMILES string of the molecule is O=C1c2ccccc2C(=O)N1CC(COCc1ccccc1)OCOC(COCc1ccccc1)CN1C(=O)c2ccccc2C1=O. The maximum Gasteiger partial charge on any atom is 0.261 e. The molecular formula is C37H34N2O8. The summed E-state index contributed by atoms with van der Waals surface area (Å²) in [6, 6.07) is 32.6. The van der Waals surface area contributed by atoms with Crippen LogP contribution in [-0.2, 0) is 32.2 Å². The normalized spacial score (nSPS) is 15.2. The van der Waals surface area contributed by atoms with E-state index in [1.807, 2.05) is 60.7 Å². The monoisotopic (exact) mass is 634 g/mol. The molecule has 10 heteroatoms. The molecule has 4 aromatic carbocycles. The second-order valence-corrected chi connectivity index (χ2v) is 11.2. The lowest BCUT2D eigenvalue weighted by atomic mass is 10.1. The van der Waals surface area contributed by atoms with E-state index >= 15 is 0 Å². The molecule has 240 valence electrons. The van der Waals surface area contributed by atoms with Crippen LogP contribution in [0.4, 0.5) is 0 Å². The Morgan fingerprint density at radius 1 is 0.447 bits per heavy atom. The van der Waals surface area contributed by atoms with Gasteiger partial charge in [-0.05, 0) is 35.4 Å². The molecule has 2 unspecified atom stereocenters. The van der Waals surface area contributed by atoms with Crippen molar-refractivity contribution in [1.82, 2.24) is 9.80 Å². The summed E-state index contributed by atoms with van der Waals surface area (Å²) in [5.41, 5.74) is 3.28. The number of hydrogen-bond acceptors (Lipinski definition) is 8. The van der Waals surface area contributed by atoms with E-state index in [0.29, 0.717) is 35.5 Å². The van der Waals surface area contributed by atoms with Crippen LogP contribution in [0.5, 0.6) is 0 Å². The molecule has 0 N–H and O–H groups in total. The van der Waals surface area contributed by atoms with Crippen molar-refractivity contribution in [2.45, 2.75) is 25.4 Å². The Kier molecular flexibility index (Phi) is 10.2. The Morgan fingerprint density at radius 3 is 1.11 bits per heavy atom. The maximum absolute atomic E-state index is 13.1. The molecule has 0 aliphatic carbocycles. The van der Waals surface area contributed by atoms with Crippen molar-refractivity contribution in [2.75, 3.05) is 33.1 Å². The second kappa shape index (κ2) is 15.1. The minimum atomic E-state index is -0.730. The number of benzene rings is 4. The average molecular weight is 635 g/mol.